The van der Waals surface area contributed by atoms with Gasteiger partial charge in [0.05, 0.1) is 39.6 Å². The molecule has 21 heavy (non-hydrogen) atoms. The third kappa shape index (κ3) is 7.79. The third-order valence-electron chi connectivity index (χ3n) is 2.79. The first-order valence-electron chi connectivity index (χ1n) is 7.27. The lowest BCUT2D eigenvalue weighted by Crippen LogP contribution is -2.35. The fourth-order valence-electron chi connectivity index (χ4n) is 1.61. The summed E-state index contributed by atoms with van der Waals surface area (Å²) in [7, 11) is 0. The summed E-state index contributed by atoms with van der Waals surface area (Å²) in [5.41, 5.74) is -0.755. The molecule has 1 heterocycles. The van der Waals surface area contributed by atoms with Crippen LogP contribution in [0.2, 0.25) is 0 Å². The van der Waals surface area contributed by atoms with Crippen LogP contribution in [0.25, 0.3) is 0 Å². The summed E-state index contributed by atoms with van der Waals surface area (Å²) in [6.45, 7) is 5.45. The van der Waals surface area contributed by atoms with Gasteiger partial charge in [-0.3, -0.25) is 9.36 Å². The number of ether oxygens (including phenoxy) is 3. The van der Waals surface area contributed by atoms with Crippen LogP contribution in [0.1, 0.15) is 19.8 Å². The van der Waals surface area contributed by atoms with E-state index in [2.05, 4.69) is 11.9 Å². The second kappa shape index (κ2) is 11.2. The second-order valence-electron chi connectivity index (χ2n) is 4.46. The summed E-state index contributed by atoms with van der Waals surface area (Å²) < 4.78 is 17.1. The van der Waals surface area contributed by atoms with Gasteiger partial charge >= 0.3 is 5.69 Å². The zero-order chi connectivity index (χ0) is 15.3. The highest BCUT2D eigenvalue weighted by atomic mass is 16.5. The molecule has 1 N–H and O–H groups in total. The van der Waals surface area contributed by atoms with Gasteiger partial charge in [-0.2, -0.15) is 0 Å². The minimum Gasteiger partial charge on any atom is -0.379 e. The van der Waals surface area contributed by atoms with E-state index in [-0.39, 0.29) is 12.1 Å². The summed E-state index contributed by atoms with van der Waals surface area (Å²) in [6.07, 6.45) is 3.53. The van der Waals surface area contributed by atoms with Crippen molar-refractivity contribution in [2.24, 2.45) is 0 Å². The van der Waals surface area contributed by atoms with Crippen LogP contribution in [0.15, 0.2) is 21.9 Å². The van der Waals surface area contributed by atoms with E-state index in [0.717, 1.165) is 24.0 Å². The van der Waals surface area contributed by atoms with Crippen molar-refractivity contribution in [2.75, 3.05) is 39.6 Å². The van der Waals surface area contributed by atoms with Crippen molar-refractivity contribution >= 4 is 0 Å². The Hall–Kier alpha value is -1.44. The Balaban J connectivity index is 1.98. The van der Waals surface area contributed by atoms with Crippen molar-refractivity contribution in [3.05, 3.63) is 33.1 Å². The number of unbranched alkanes of at least 4 members (excludes halogenated alkanes) is 1. The number of aromatic amines is 1. The van der Waals surface area contributed by atoms with E-state index in [4.69, 9.17) is 14.2 Å². The molecule has 0 spiro atoms. The average molecular weight is 300 g/mol. The first kappa shape index (κ1) is 17.6. The number of hydrogen-bond donors (Lipinski definition) is 1. The van der Waals surface area contributed by atoms with E-state index >= 15 is 0 Å². The first-order valence-corrected chi connectivity index (χ1v) is 7.27. The van der Waals surface area contributed by atoms with E-state index in [1.165, 1.54) is 12.3 Å². The topological polar surface area (TPSA) is 82.6 Å². The smallest absolute Gasteiger partial charge is 0.328 e. The number of nitrogens with zero attached hydrogens (tertiary/aromatic N) is 1. The molecule has 1 rings (SSSR count). The molecule has 7 nitrogen and oxygen atoms in total. The molecule has 0 saturated carbocycles. The van der Waals surface area contributed by atoms with Gasteiger partial charge in [0, 0.05) is 18.9 Å². The minimum atomic E-state index is -0.424. The monoisotopic (exact) mass is 300 g/mol. The lowest BCUT2D eigenvalue weighted by molar-refractivity contribution is 0.0125. The molecule has 7 heteroatoms. The molecular weight excluding hydrogens is 276 g/mol. The van der Waals surface area contributed by atoms with Crippen molar-refractivity contribution in [3.63, 3.8) is 0 Å². The Morgan fingerprint density at radius 2 is 1.62 bits per heavy atom. The van der Waals surface area contributed by atoms with Gasteiger partial charge in [-0.15, -0.1) is 0 Å². The fourth-order valence-corrected chi connectivity index (χ4v) is 1.61. The normalized spacial score (nSPS) is 10.9. The van der Waals surface area contributed by atoms with Crippen LogP contribution < -0.4 is 11.2 Å². The maximum atomic E-state index is 11.4. The quantitative estimate of drug-likeness (QED) is 0.565. The highest BCUT2D eigenvalue weighted by Crippen LogP contribution is 1.88. The van der Waals surface area contributed by atoms with Crippen LogP contribution in [-0.4, -0.2) is 49.2 Å². The molecule has 0 fully saturated rings. The second-order valence-corrected chi connectivity index (χ2v) is 4.46. The Labute approximate surface area is 123 Å². The summed E-state index contributed by atoms with van der Waals surface area (Å²) in [4.78, 5) is 25.2. The molecular formula is C14H24N2O5. The molecule has 120 valence electrons. The van der Waals surface area contributed by atoms with Crippen LogP contribution in [0.3, 0.4) is 0 Å². The first-order chi connectivity index (χ1) is 10.3. The zero-order valence-electron chi connectivity index (χ0n) is 12.5. The maximum Gasteiger partial charge on any atom is 0.328 e. The highest BCUT2D eigenvalue weighted by molar-refractivity contribution is 4.82. The van der Waals surface area contributed by atoms with Gasteiger partial charge in [0.1, 0.15) is 0 Å². The maximum absolute atomic E-state index is 11.4. The Kier molecular flexibility index (Phi) is 9.43. The van der Waals surface area contributed by atoms with E-state index in [1.54, 1.807) is 0 Å². The molecule has 1 aromatic heterocycles. The summed E-state index contributed by atoms with van der Waals surface area (Å²) in [5.74, 6) is 0. The van der Waals surface area contributed by atoms with Gasteiger partial charge in [-0.05, 0) is 6.42 Å². The van der Waals surface area contributed by atoms with Crippen molar-refractivity contribution in [1.29, 1.82) is 0 Å². The Morgan fingerprint density at radius 3 is 2.24 bits per heavy atom. The van der Waals surface area contributed by atoms with Crippen molar-refractivity contribution in [1.82, 2.24) is 9.55 Å². The lowest BCUT2D eigenvalue weighted by atomic mass is 10.4. The Bertz CT molecular complexity index is 454. The molecule has 0 aliphatic rings. The summed E-state index contributed by atoms with van der Waals surface area (Å²) in [6, 6.07) is 1.31. The molecule has 0 bridgehead atoms. The molecule has 0 aromatic carbocycles. The van der Waals surface area contributed by atoms with Crippen molar-refractivity contribution < 1.29 is 14.2 Å². The van der Waals surface area contributed by atoms with Gasteiger partial charge in [-0.25, -0.2) is 4.79 Å². The van der Waals surface area contributed by atoms with Crippen LogP contribution >= 0.6 is 0 Å². The predicted octanol–water partition coefficient (Wildman–Crippen LogP) is 0.387. The molecule has 0 radical (unpaired) electrons. The van der Waals surface area contributed by atoms with Gasteiger partial charge in [0.2, 0.25) is 0 Å². The number of rotatable bonds is 12. The van der Waals surface area contributed by atoms with Crippen molar-refractivity contribution in [2.45, 2.75) is 26.3 Å². The van der Waals surface area contributed by atoms with Gasteiger partial charge in [-0.1, -0.05) is 13.3 Å². The molecule has 0 unspecified atom stereocenters. The van der Waals surface area contributed by atoms with Crippen LogP contribution in [-0.2, 0) is 20.8 Å². The standard InChI is InChI=1S/C14H24N2O5/c1-2-3-7-19-9-11-21-12-10-20-8-6-16-13(17)4-5-15-14(16)18/h4-5H,2-3,6-12H2,1H3,(H,15,18). The number of aromatic nitrogens is 2. The van der Waals surface area contributed by atoms with Crippen molar-refractivity contribution in [3.8, 4) is 0 Å². The SMILES string of the molecule is CCCCOCCOCCOCCn1c(=O)cc[nH]c1=O. The molecule has 0 aliphatic heterocycles. The molecule has 1 aromatic rings. The number of H-pyrrole nitrogens is 1. The molecule has 0 saturated heterocycles. The minimum absolute atomic E-state index is 0.231. The average Bonchev–Trinajstić information content (AvgIpc) is 2.47. The number of nitrogens with one attached hydrogen (secondary N) is 1. The number of hydrogen-bond acceptors (Lipinski definition) is 5. The summed E-state index contributed by atoms with van der Waals surface area (Å²) >= 11 is 0. The van der Waals surface area contributed by atoms with Crippen LogP contribution in [0, 0.1) is 0 Å². The summed E-state index contributed by atoms with van der Waals surface area (Å²) in [5, 5.41) is 0. The predicted molar refractivity (Wildman–Crippen MR) is 78.7 cm³/mol. The fraction of sp³-hybridized carbons (Fsp3) is 0.714. The van der Waals surface area contributed by atoms with E-state index in [1.807, 2.05) is 0 Å². The van der Waals surface area contributed by atoms with E-state index in [9.17, 15) is 9.59 Å². The lowest BCUT2D eigenvalue weighted by Gasteiger charge is -2.07. The zero-order valence-corrected chi connectivity index (χ0v) is 12.5. The largest absolute Gasteiger partial charge is 0.379 e. The third-order valence-corrected chi connectivity index (χ3v) is 2.79. The van der Waals surface area contributed by atoms with Gasteiger partial charge in [0.25, 0.3) is 5.56 Å². The molecule has 0 aliphatic carbocycles. The van der Waals surface area contributed by atoms with Crippen LogP contribution in [0.5, 0.6) is 0 Å². The van der Waals surface area contributed by atoms with Gasteiger partial charge < -0.3 is 19.2 Å². The molecule has 0 amide bonds. The van der Waals surface area contributed by atoms with Crippen LogP contribution in [0.4, 0.5) is 0 Å². The van der Waals surface area contributed by atoms with Gasteiger partial charge in [0.15, 0.2) is 0 Å². The Morgan fingerprint density at radius 1 is 1.00 bits per heavy atom. The highest BCUT2D eigenvalue weighted by Gasteiger charge is 1.99. The van der Waals surface area contributed by atoms with E-state index in [0.29, 0.717) is 33.0 Å². The van der Waals surface area contributed by atoms with E-state index < -0.39 is 5.69 Å². The molecule has 0 atom stereocenters.